The van der Waals surface area contributed by atoms with Crippen LogP contribution in [-0.4, -0.2) is 60.7 Å². The Labute approximate surface area is 211 Å². The van der Waals surface area contributed by atoms with Gasteiger partial charge in [-0.25, -0.2) is 19.3 Å². The van der Waals surface area contributed by atoms with Crippen molar-refractivity contribution in [2.24, 2.45) is 5.73 Å². The fourth-order valence-electron chi connectivity index (χ4n) is 4.57. The smallest absolute Gasteiger partial charge is 0.135 e. The van der Waals surface area contributed by atoms with Crippen molar-refractivity contribution < 1.29 is 4.39 Å². The number of aromatic amines is 2. The number of benzene rings is 1. The molecule has 37 heavy (non-hydrogen) atoms. The van der Waals surface area contributed by atoms with E-state index in [4.69, 9.17) is 10.7 Å². The molecule has 0 bridgehead atoms. The van der Waals surface area contributed by atoms with Gasteiger partial charge >= 0.3 is 0 Å². The number of hydrogen-bond donors (Lipinski definition) is 3. The zero-order chi connectivity index (χ0) is 25.5. The molecule has 0 spiro atoms. The molecule has 1 atom stereocenters. The highest BCUT2D eigenvalue weighted by atomic mass is 19.1. The molecule has 5 aromatic heterocycles. The number of fused-ring (bicyclic) bond motifs is 2. The molecule has 9 nitrogen and oxygen atoms in total. The predicted octanol–water partition coefficient (Wildman–Crippen LogP) is 4.33. The minimum absolute atomic E-state index is 0.316. The van der Waals surface area contributed by atoms with E-state index < -0.39 is 0 Å². The molecule has 6 rings (SSSR count). The largest absolute Gasteiger partial charge is 0.352 e. The van der Waals surface area contributed by atoms with Gasteiger partial charge in [0.25, 0.3) is 0 Å². The van der Waals surface area contributed by atoms with Crippen LogP contribution in [0, 0.1) is 5.82 Å². The third-order valence-electron chi connectivity index (χ3n) is 6.29. The minimum Gasteiger partial charge on any atom is -0.352 e. The minimum atomic E-state index is -0.339. The van der Waals surface area contributed by atoms with Crippen LogP contribution in [0.2, 0.25) is 0 Å². The van der Waals surface area contributed by atoms with Gasteiger partial charge in [0, 0.05) is 47.7 Å². The number of pyridine rings is 2. The van der Waals surface area contributed by atoms with Crippen LogP contribution in [-0.2, 0) is 0 Å². The normalized spacial score (nSPS) is 12.6. The summed E-state index contributed by atoms with van der Waals surface area (Å²) >= 11 is 0. The summed E-state index contributed by atoms with van der Waals surface area (Å²) in [6.45, 7) is 0.607. The summed E-state index contributed by atoms with van der Waals surface area (Å²) < 4.78 is 14.7. The van der Waals surface area contributed by atoms with E-state index in [0.717, 1.165) is 44.5 Å². The number of rotatable bonds is 6. The van der Waals surface area contributed by atoms with Crippen molar-refractivity contribution in [1.82, 2.24) is 40.0 Å². The Kier molecular flexibility index (Phi) is 5.67. The Balaban J connectivity index is 1.45. The third-order valence-corrected chi connectivity index (χ3v) is 6.29. The quantitative estimate of drug-likeness (QED) is 0.315. The van der Waals surface area contributed by atoms with Gasteiger partial charge in [-0.2, -0.15) is 5.10 Å². The summed E-state index contributed by atoms with van der Waals surface area (Å²) in [7, 11) is 3.88. The van der Waals surface area contributed by atoms with Crippen LogP contribution in [0.1, 0.15) is 11.6 Å². The lowest BCUT2D eigenvalue weighted by atomic mass is 9.98. The van der Waals surface area contributed by atoms with Gasteiger partial charge in [0.2, 0.25) is 0 Å². The fourth-order valence-corrected chi connectivity index (χ4v) is 4.57. The number of nitrogens with two attached hydrogens (primary N) is 1. The monoisotopic (exact) mass is 493 g/mol. The number of nitrogens with zero attached hydrogens (tertiary/aromatic N) is 6. The summed E-state index contributed by atoms with van der Waals surface area (Å²) in [5, 5.41) is 8.47. The molecule has 0 aliphatic carbocycles. The number of hydrogen-bond acceptors (Lipinski definition) is 7. The molecular formula is C27H24FN9. The van der Waals surface area contributed by atoms with E-state index in [2.05, 4.69) is 30.1 Å². The summed E-state index contributed by atoms with van der Waals surface area (Å²) in [4.78, 5) is 22.8. The molecule has 1 unspecified atom stereocenters. The first kappa shape index (κ1) is 22.9. The average Bonchev–Trinajstić information content (AvgIpc) is 3.52. The van der Waals surface area contributed by atoms with Crippen molar-refractivity contribution in [2.75, 3.05) is 20.6 Å². The van der Waals surface area contributed by atoms with E-state index in [-0.39, 0.29) is 11.9 Å². The highest BCUT2D eigenvalue weighted by Crippen LogP contribution is 2.34. The molecule has 0 saturated carbocycles. The Bertz CT molecular complexity index is 1720. The van der Waals surface area contributed by atoms with Crippen LogP contribution in [0.3, 0.4) is 0 Å². The van der Waals surface area contributed by atoms with Crippen LogP contribution < -0.4 is 5.73 Å². The van der Waals surface area contributed by atoms with E-state index in [1.807, 2.05) is 43.3 Å². The van der Waals surface area contributed by atoms with Crippen LogP contribution in [0.15, 0.2) is 67.5 Å². The first-order chi connectivity index (χ1) is 18.0. The van der Waals surface area contributed by atoms with Gasteiger partial charge in [-0.15, -0.1) is 0 Å². The van der Waals surface area contributed by atoms with Crippen molar-refractivity contribution in [3.8, 4) is 33.8 Å². The van der Waals surface area contributed by atoms with Crippen molar-refractivity contribution in [3.05, 3.63) is 78.9 Å². The van der Waals surface area contributed by atoms with E-state index in [1.54, 1.807) is 24.8 Å². The molecule has 184 valence electrons. The molecule has 0 aliphatic rings. The number of aromatic nitrogens is 7. The van der Waals surface area contributed by atoms with Gasteiger partial charge < -0.3 is 15.6 Å². The second-order valence-corrected chi connectivity index (χ2v) is 9.27. The van der Waals surface area contributed by atoms with Gasteiger partial charge in [-0.05, 0) is 61.6 Å². The van der Waals surface area contributed by atoms with Crippen molar-refractivity contribution in [2.45, 2.75) is 6.04 Å². The topological polar surface area (TPSA) is 125 Å². The lowest BCUT2D eigenvalue weighted by Crippen LogP contribution is -2.26. The van der Waals surface area contributed by atoms with Gasteiger partial charge in [-0.3, -0.25) is 10.1 Å². The average molecular weight is 494 g/mol. The number of likely N-dealkylation sites (N-methyl/N-ethyl adjacent to an activating group) is 1. The van der Waals surface area contributed by atoms with Crippen LogP contribution in [0.4, 0.5) is 4.39 Å². The first-order valence-corrected chi connectivity index (χ1v) is 11.7. The van der Waals surface area contributed by atoms with E-state index in [1.165, 1.54) is 18.5 Å². The van der Waals surface area contributed by atoms with Crippen molar-refractivity contribution in [1.29, 1.82) is 0 Å². The summed E-state index contributed by atoms with van der Waals surface area (Å²) in [5.41, 5.74) is 13.9. The van der Waals surface area contributed by atoms with Gasteiger partial charge in [0.05, 0.1) is 28.6 Å². The highest BCUT2D eigenvalue weighted by molar-refractivity contribution is 6.00. The number of H-pyrrole nitrogens is 2. The maximum atomic E-state index is 14.7. The van der Waals surface area contributed by atoms with Gasteiger partial charge in [0.1, 0.15) is 23.4 Å². The Morgan fingerprint density at radius 3 is 2.59 bits per heavy atom. The molecule has 0 saturated heterocycles. The molecule has 10 heteroatoms. The SMILES string of the molecule is CN(C)CC(N)c1cc(F)cc(-c2cncc3[nH]c(-c4n[nH]c5ccc(-c6cncnc6)nc45)cc23)c1. The lowest BCUT2D eigenvalue weighted by Gasteiger charge is -2.18. The van der Waals surface area contributed by atoms with Crippen molar-refractivity contribution >= 4 is 21.9 Å². The summed E-state index contributed by atoms with van der Waals surface area (Å²) in [6, 6.07) is 10.4. The van der Waals surface area contributed by atoms with E-state index in [0.29, 0.717) is 23.3 Å². The second kappa shape index (κ2) is 9.16. The summed E-state index contributed by atoms with van der Waals surface area (Å²) in [5.74, 6) is -0.339. The van der Waals surface area contributed by atoms with Crippen LogP contribution in [0.25, 0.3) is 55.7 Å². The summed E-state index contributed by atoms with van der Waals surface area (Å²) in [6.07, 6.45) is 8.41. The number of nitrogens with one attached hydrogen (secondary N) is 2. The maximum absolute atomic E-state index is 14.7. The van der Waals surface area contributed by atoms with Crippen molar-refractivity contribution in [3.63, 3.8) is 0 Å². The molecule has 4 N–H and O–H groups in total. The molecule has 6 aromatic rings. The Morgan fingerprint density at radius 2 is 1.78 bits per heavy atom. The molecule has 1 aromatic carbocycles. The van der Waals surface area contributed by atoms with Crippen LogP contribution in [0.5, 0.6) is 0 Å². The fraction of sp³-hybridized carbons (Fsp3) is 0.148. The standard InChI is InChI=1S/C27H24FN9/c1-37(2)13-21(29)16-5-15(6-18(28)7-16)20-11-30-12-25-19(20)8-24(33-25)27-26-23(35-36-27)4-3-22(34-26)17-9-31-14-32-10-17/h3-12,14,21,33H,13,29H2,1-2H3,(H,35,36). The van der Waals surface area contributed by atoms with E-state index in [9.17, 15) is 4.39 Å². The first-order valence-electron chi connectivity index (χ1n) is 11.7. The maximum Gasteiger partial charge on any atom is 0.135 e. The highest BCUT2D eigenvalue weighted by Gasteiger charge is 2.17. The third kappa shape index (κ3) is 4.32. The van der Waals surface area contributed by atoms with Gasteiger partial charge in [0.15, 0.2) is 0 Å². The van der Waals surface area contributed by atoms with E-state index >= 15 is 0 Å². The zero-order valence-electron chi connectivity index (χ0n) is 20.3. The molecule has 0 radical (unpaired) electrons. The Morgan fingerprint density at radius 1 is 0.946 bits per heavy atom. The molecular weight excluding hydrogens is 469 g/mol. The van der Waals surface area contributed by atoms with Crippen LogP contribution >= 0.6 is 0 Å². The zero-order valence-corrected chi connectivity index (χ0v) is 20.3. The lowest BCUT2D eigenvalue weighted by molar-refractivity contribution is 0.376. The predicted molar refractivity (Wildman–Crippen MR) is 141 cm³/mol. The molecule has 0 fully saturated rings. The Hall–Kier alpha value is -4.54. The molecule has 0 amide bonds. The molecule has 0 aliphatic heterocycles. The number of halogens is 1. The molecule has 5 heterocycles. The van der Waals surface area contributed by atoms with Gasteiger partial charge in [-0.1, -0.05) is 0 Å². The second-order valence-electron chi connectivity index (χ2n) is 9.27.